The Bertz CT molecular complexity index is 788. The van der Waals surface area contributed by atoms with Crippen LogP contribution in [0.5, 0.6) is 5.75 Å². The third-order valence-electron chi connectivity index (χ3n) is 3.09. The van der Waals surface area contributed by atoms with Gasteiger partial charge < -0.3 is 4.74 Å². The summed E-state index contributed by atoms with van der Waals surface area (Å²) in [6.07, 6.45) is 1.61. The number of methoxy groups -OCH3 is 1. The lowest BCUT2D eigenvalue weighted by Crippen LogP contribution is -2.11. The van der Waals surface area contributed by atoms with Crippen molar-refractivity contribution >= 4 is 10.8 Å². The predicted octanol–water partition coefficient (Wildman–Crippen LogP) is 2.60. The van der Waals surface area contributed by atoms with Crippen molar-refractivity contribution in [2.24, 2.45) is 0 Å². The fourth-order valence-corrected chi connectivity index (χ4v) is 2.24. The Balaban J connectivity index is 2.37. The van der Waals surface area contributed by atoms with E-state index in [4.69, 9.17) is 4.74 Å². The highest BCUT2D eigenvalue weighted by Gasteiger charge is 2.12. The number of hydrogen-bond acceptors (Lipinski definition) is 3. The van der Waals surface area contributed by atoms with Gasteiger partial charge in [-0.3, -0.25) is 4.79 Å². The summed E-state index contributed by atoms with van der Waals surface area (Å²) in [6, 6.07) is 14.0. The second-order valence-electron chi connectivity index (χ2n) is 4.17. The molecule has 0 aliphatic heterocycles. The molecule has 4 nitrogen and oxygen atoms in total. The molecule has 94 valence electrons. The zero-order valence-corrected chi connectivity index (χ0v) is 10.4. The van der Waals surface area contributed by atoms with Crippen molar-refractivity contribution in [2.75, 3.05) is 7.11 Å². The van der Waals surface area contributed by atoms with Crippen LogP contribution < -0.4 is 10.3 Å². The molecule has 2 aromatic carbocycles. The number of nitrogens with one attached hydrogen (secondary N) is 1. The minimum atomic E-state index is -0.326. The lowest BCUT2D eigenvalue weighted by atomic mass is 9.99. The Labute approximate surface area is 109 Å². The largest absolute Gasteiger partial charge is 0.491 e. The Morgan fingerprint density at radius 2 is 1.84 bits per heavy atom. The highest BCUT2D eigenvalue weighted by molar-refractivity contribution is 5.97. The SMILES string of the molecule is COc1c(-c2cccc3ccccc23)cn[nH]c1=O. The van der Waals surface area contributed by atoms with Gasteiger partial charge in [0.1, 0.15) is 0 Å². The fourth-order valence-electron chi connectivity index (χ4n) is 2.24. The Kier molecular flexibility index (Phi) is 2.76. The van der Waals surface area contributed by atoms with Crippen LogP contribution in [0.4, 0.5) is 0 Å². The van der Waals surface area contributed by atoms with Gasteiger partial charge in [-0.1, -0.05) is 42.5 Å². The molecule has 0 radical (unpaired) electrons. The topological polar surface area (TPSA) is 55.0 Å². The van der Waals surface area contributed by atoms with Gasteiger partial charge in [0, 0.05) is 0 Å². The summed E-state index contributed by atoms with van der Waals surface area (Å²) in [5.74, 6) is 0.284. The van der Waals surface area contributed by atoms with Gasteiger partial charge in [-0.15, -0.1) is 0 Å². The number of fused-ring (bicyclic) bond motifs is 1. The molecule has 0 aliphatic rings. The van der Waals surface area contributed by atoms with Crippen LogP contribution >= 0.6 is 0 Å². The molecule has 1 N–H and O–H groups in total. The molecule has 1 aromatic heterocycles. The van der Waals surface area contributed by atoms with Gasteiger partial charge >= 0.3 is 5.56 Å². The predicted molar refractivity (Wildman–Crippen MR) is 74.4 cm³/mol. The summed E-state index contributed by atoms with van der Waals surface area (Å²) in [5, 5.41) is 8.42. The molecule has 0 aliphatic carbocycles. The zero-order chi connectivity index (χ0) is 13.2. The van der Waals surface area contributed by atoms with Crippen molar-refractivity contribution in [3.8, 4) is 16.9 Å². The van der Waals surface area contributed by atoms with Crippen molar-refractivity contribution in [1.29, 1.82) is 0 Å². The summed E-state index contributed by atoms with van der Waals surface area (Å²) < 4.78 is 5.20. The molecular weight excluding hydrogens is 240 g/mol. The maximum Gasteiger partial charge on any atom is 0.307 e. The van der Waals surface area contributed by atoms with Crippen LogP contribution in [0.15, 0.2) is 53.5 Å². The van der Waals surface area contributed by atoms with Crippen LogP contribution in [0.1, 0.15) is 0 Å². The lowest BCUT2D eigenvalue weighted by molar-refractivity contribution is 0.408. The van der Waals surface area contributed by atoms with Gasteiger partial charge in [-0.2, -0.15) is 5.10 Å². The van der Waals surface area contributed by atoms with Gasteiger partial charge in [0.2, 0.25) is 0 Å². The monoisotopic (exact) mass is 252 g/mol. The van der Waals surface area contributed by atoms with Gasteiger partial charge in [-0.05, 0) is 16.3 Å². The molecule has 0 unspecified atom stereocenters. The average Bonchev–Trinajstić information content (AvgIpc) is 2.46. The highest BCUT2D eigenvalue weighted by Crippen LogP contribution is 2.31. The third kappa shape index (κ3) is 1.87. The van der Waals surface area contributed by atoms with Gasteiger partial charge in [0.15, 0.2) is 5.75 Å². The van der Waals surface area contributed by atoms with Crippen LogP contribution in [0, 0.1) is 0 Å². The van der Waals surface area contributed by atoms with Crippen LogP contribution in [-0.2, 0) is 0 Å². The molecule has 0 saturated heterocycles. The van der Waals surface area contributed by atoms with E-state index in [1.54, 1.807) is 6.20 Å². The third-order valence-corrected chi connectivity index (χ3v) is 3.09. The summed E-state index contributed by atoms with van der Waals surface area (Å²) in [4.78, 5) is 11.7. The van der Waals surface area contributed by atoms with E-state index in [2.05, 4.69) is 10.2 Å². The van der Waals surface area contributed by atoms with Crippen LogP contribution in [-0.4, -0.2) is 17.3 Å². The number of H-pyrrole nitrogens is 1. The molecule has 0 atom stereocenters. The van der Waals surface area contributed by atoms with Crippen LogP contribution in [0.25, 0.3) is 21.9 Å². The van der Waals surface area contributed by atoms with E-state index in [-0.39, 0.29) is 11.3 Å². The number of benzene rings is 2. The van der Waals surface area contributed by atoms with E-state index < -0.39 is 0 Å². The number of aromatic amines is 1. The molecular formula is C15H12N2O2. The lowest BCUT2D eigenvalue weighted by Gasteiger charge is -2.09. The molecule has 0 bridgehead atoms. The van der Waals surface area contributed by atoms with Crippen LogP contribution in [0.2, 0.25) is 0 Å². The van der Waals surface area contributed by atoms with Gasteiger partial charge in [0.05, 0.1) is 18.9 Å². The minimum Gasteiger partial charge on any atom is -0.491 e. The first-order valence-corrected chi connectivity index (χ1v) is 5.91. The molecule has 0 spiro atoms. The standard InChI is InChI=1S/C15H12N2O2/c1-19-14-13(9-16-17-15(14)18)12-8-4-6-10-5-2-3-7-11(10)12/h2-9H,1H3,(H,17,18). The summed E-state index contributed by atoms with van der Waals surface area (Å²) >= 11 is 0. The summed E-state index contributed by atoms with van der Waals surface area (Å²) in [7, 11) is 1.49. The molecule has 0 fully saturated rings. The molecule has 0 amide bonds. The van der Waals surface area contributed by atoms with Crippen molar-refractivity contribution in [3.05, 3.63) is 59.0 Å². The number of ether oxygens (including phenoxy) is 1. The maximum atomic E-state index is 11.7. The minimum absolute atomic E-state index is 0.284. The Morgan fingerprint density at radius 1 is 1.05 bits per heavy atom. The summed E-state index contributed by atoms with van der Waals surface area (Å²) in [5.41, 5.74) is 1.31. The van der Waals surface area contributed by atoms with Crippen LogP contribution in [0.3, 0.4) is 0 Å². The van der Waals surface area contributed by atoms with E-state index >= 15 is 0 Å². The first kappa shape index (κ1) is 11.5. The van der Waals surface area contributed by atoms with E-state index in [1.165, 1.54) is 7.11 Å². The second kappa shape index (κ2) is 4.57. The molecule has 0 saturated carbocycles. The second-order valence-corrected chi connectivity index (χ2v) is 4.17. The normalized spacial score (nSPS) is 10.6. The van der Waals surface area contributed by atoms with Gasteiger partial charge in [-0.25, -0.2) is 5.10 Å². The van der Waals surface area contributed by atoms with Crippen molar-refractivity contribution in [1.82, 2.24) is 10.2 Å². The van der Waals surface area contributed by atoms with Gasteiger partial charge in [0.25, 0.3) is 0 Å². The molecule has 4 heteroatoms. The van der Waals surface area contributed by atoms with Crippen molar-refractivity contribution < 1.29 is 4.74 Å². The molecule has 1 heterocycles. The van der Waals surface area contributed by atoms with Crippen molar-refractivity contribution in [3.63, 3.8) is 0 Å². The average molecular weight is 252 g/mol. The molecule has 19 heavy (non-hydrogen) atoms. The zero-order valence-electron chi connectivity index (χ0n) is 10.4. The maximum absolute atomic E-state index is 11.7. The van der Waals surface area contributed by atoms with E-state index in [1.807, 2.05) is 42.5 Å². The molecule has 3 aromatic rings. The number of rotatable bonds is 2. The van der Waals surface area contributed by atoms with E-state index in [0.29, 0.717) is 5.56 Å². The summed E-state index contributed by atoms with van der Waals surface area (Å²) in [6.45, 7) is 0. The van der Waals surface area contributed by atoms with E-state index in [9.17, 15) is 4.79 Å². The number of aromatic nitrogens is 2. The number of nitrogens with zero attached hydrogens (tertiary/aromatic N) is 1. The Morgan fingerprint density at radius 3 is 2.68 bits per heavy atom. The van der Waals surface area contributed by atoms with Crippen molar-refractivity contribution in [2.45, 2.75) is 0 Å². The van der Waals surface area contributed by atoms with E-state index in [0.717, 1.165) is 16.3 Å². The Hall–Kier alpha value is -2.62. The first-order valence-electron chi connectivity index (χ1n) is 5.91. The first-order chi connectivity index (χ1) is 9.31. The number of hydrogen-bond donors (Lipinski definition) is 1. The quantitative estimate of drug-likeness (QED) is 0.762. The fraction of sp³-hybridized carbons (Fsp3) is 0.0667. The molecule has 3 rings (SSSR count). The highest BCUT2D eigenvalue weighted by atomic mass is 16.5. The smallest absolute Gasteiger partial charge is 0.307 e.